The Morgan fingerprint density at radius 1 is 1.40 bits per heavy atom. The van der Waals surface area contributed by atoms with E-state index in [9.17, 15) is 9.59 Å². The number of amides is 2. The van der Waals surface area contributed by atoms with Crippen molar-refractivity contribution in [2.24, 2.45) is 5.41 Å². The van der Waals surface area contributed by atoms with E-state index in [4.69, 9.17) is 0 Å². The molecule has 0 aromatic rings. The first kappa shape index (κ1) is 12.3. The summed E-state index contributed by atoms with van der Waals surface area (Å²) >= 11 is 4.06. The van der Waals surface area contributed by atoms with E-state index in [2.05, 4.69) is 19.2 Å². The van der Waals surface area contributed by atoms with Crippen molar-refractivity contribution < 1.29 is 9.59 Å². The number of hydrogen-bond acceptors (Lipinski definition) is 3. The fourth-order valence-corrected chi connectivity index (χ4v) is 1.76. The molecule has 84 valence electrons. The molecule has 0 atom stereocenters. The van der Waals surface area contributed by atoms with Gasteiger partial charge in [0.2, 0.25) is 11.8 Å². The van der Waals surface area contributed by atoms with Crippen molar-refractivity contribution in [3.63, 3.8) is 0 Å². The molecular formula is C11H17NO2S. The molecule has 1 rings (SSSR count). The lowest BCUT2D eigenvalue weighted by molar-refractivity contribution is -0.151. The quantitative estimate of drug-likeness (QED) is 0.452. The zero-order valence-corrected chi connectivity index (χ0v) is 10.1. The van der Waals surface area contributed by atoms with Gasteiger partial charge in [-0.3, -0.25) is 14.5 Å². The number of nitrogens with zero attached hydrogens (tertiary/aromatic N) is 1. The van der Waals surface area contributed by atoms with Gasteiger partial charge in [-0.05, 0) is 11.0 Å². The van der Waals surface area contributed by atoms with Gasteiger partial charge >= 0.3 is 0 Å². The highest BCUT2D eigenvalue weighted by Crippen LogP contribution is 2.31. The van der Waals surface area contributed by atoms with E-state index in [1.54, 1.807) is 0 Å². The van der Waals surface area contributed by atoms with Crippen LogP contribution < -0.4 is 0 Å². The predicted molar refractivity (Wildman–Crippen MR) is 62.7 cm³/mol. The van der Waals surface area contributed by atoms with Crippen molar-refractivity contribution in [1.82, 2.24) is 4.90 Å². The topological polar surface area (TPSA) is 37.4 Å². The Hall–Kier alpha value is -0.770. The van der Waals surface area contributed by atoms with Crippen LogP contribution in [0.4, 0.5) is 0 Å². The molecular weight excluding hydrogens is 210 g/mol. The lowest BCUT2D eigenvalue weighted by Gasteiger charge is -2.34. The van der Waals surface area contributed by atoms with Gasteiger partial charge in [-0.2, -0.15) is 12.6 Å². The van der Waals surface area contributed by atoms with Gasteiger partial charge in [0, 0.05) is 18.6 Å². The zero-order chi connectivity index (χ0) is 11.6. The minimum atomic E-state index is -0.201. The Morgan fingerprint density at radius 2 is 1.87 bits per heavy atom. The van der Waals surface area contributed by atoms with Gasteiger partial charge in [-0.1, -0.05) is 20.4 Å². The summed E-state index contributed by atoms with van der Waals surface area (Å²) in [5.41, 5.74) is 0.590. The number of likely N-dealkylation sites (tertiary alicyclic amines) is 1. The molecule has 0 aromatic heterocycles. The van der Waals surface area contributed by atoms with Crippen LogP contribution in [0.2, 0.25) is 0 Å². The van der Waals surface area contributed by atoms with E-state index in [1.807, 2.05) is 13.8 Å². The number of thiol groups is 1. The Labute approximate surface area is 95.9 Å². The number of hydrogen-bond donors (Lipinski definition) is 1. The minimum Gasteiger partial charge on any atom is -0.278 e. The van der Waals surface area contributed by atoms with Crippen LogP contribution >= 0.6 is 12.6 Å². The van der Waals surface area contributed by atoms with Gasteiger partial charge in [0.25, 0.3) is 0 Å². The molecule has 0 spiro atoms. The first-order valence-electron chi connectivity index (χ1n) is 4.96. The molecule has 1 fully saturated rings. The summed E-state index contributed by atoms with van der Waals surface area (Å²) in [4.78, 5) is 24.7. The zero-order valence-electron chi connectivity index (χ0n) is 9.25. The average molecular weight is 227 g/mol. The molecule has 2 amide bonds. The highest BCUT2D eigenvalue weighted by molar-refractivity contribution is 7.80. The second kappa shape index (κ2) is 4.39. The summed E-state index contributed by atoms with van der Waals surface area (Å²) in [5, 5.41) is 0. The third-order valence-electron chi connectivity index (χ3n) is 2.47. The van der Waals surface area contributed by atoms with E-state index in [0.717, 1.165) is 5.57 Å². The number of carbonyl (C=O) groups is 2. The van der Waals surface area contributed by atoms with Crippen molar-refractivity contribution in [3.05, 3.63) is 12.2 Å². The van der Waals surface area contributed by atoms with Gasteiger partial charge in [-0.25, -0.2) is 0 Å². The van der Waals surface area contributed by atoms with Gasteiger partial charge in [0.1, 0.15) is 0 Å². The largest absolute Gasteiger partial charge is 0.278 e. The van der Waals surface area contributed by atoms with Gasteiger partial charge < -0.3 is 0 Å². The summed E-state index contributed by atoms with van der Waals surface area (Å²) in [7, 11) is 0. The average Bonchev–Trinajstić information content (AvgIpc) is 2.09. The minimum absolute atomic E-state index is 0.0980. The number of piperidine rings is 1. The van der Waals surface area contributed by atoms with E-state index in [0.29, 0.717) is 25.1 Å². The molecule has 0 aliphatic carbocycles. The van der Waals surface area contributed by atoms with Gasteiger partial charge in [0.15, 0.2) is 0 Å². The monoisotopic (exact) mass is 227 g/mol. The lowest BCUT2D eigenvalue weighted by Crippen LogP contribution is -2.46. The maximum absolute atomic E-state index is 11.7. The SMILES string of the molecule is C=C(CS)CN1C(=O)CC(C)(C)CC1=O. The summed E-state index contributed by atoms with van der Waals surface area (Å²) < 4.78 is 0. The van der Waals surface area contributed by atoms with Crippen LogP contribution in [0, 0.1) is 5.41 Å². The Kier molecular flexibility index (Phi) is 3.60. The number of carbonyl (C=O) groups excluding carboxylic acids is 2. The van der Waals surface area contributed by atoms with E-state index in [1.165, 1.54) is 4.90 Å². The standard InChI is InChI=1S/C11H17NO2S/c1-8(7-15)6-12-9(13)4-11(2,3)5-10(12)14/h15H,1,4-7H2,2-3H3. The normalized spacial score (nSPS) is 20.6. The van der Waals surface area contributed by atoms with Gasteiger partial charge in [-0.15, -0.1) is 0 Å². The smallest absolute Gasteiger partial charge is 0.230 e. The molecule has 1 aliphatic rings. The second-order valence-electron chi connectivity index (χ2n) is 4.80. The molecule has 3 nitrogen and oxygen atoms in total. The first-order valence-corrected chi connectivity index (χ1v) is 5.60. The van der Waals surface area contributed by atoms with Crippen LogP contribution in [0.15, 0.2) is 12.2 Å². The molecule has 0 saturated carbocycles. The molecule has 4 heteroatoms. The second-order valence-corrected chi connectivity index (χ2v) is 5.12. The highest BCUT2D eigenvalue weighted by atomic mass is 32.1. The fraction of sp³-hybridized carbons (Fsp3) is 0.636. The number of rotatable bonds is 3. The van der Waals surface area contributed by atoms with Crippen LogP contribution in [0.3, 0.4) is 0 Å². The van der Waals surface area contributed by atoms with Crippen molar-refractivity contribution in [2.45, 2.75) is 26.7 Å². The predicted octanol–water partition coefficient (Wildman–Crippen LogP) is 1.65. The highest BCUT2D eigenvalue weighted by Gasteiger charge is 2.37. The van der Waals surface area contributed by atoms with E-state index in [-0.39, 0.29) is 17.2 Å². The summed E-state index contributed by atoms with van der Waals surface area (Å²) in [6.07, 6.45) is 0.858. The molecule has 0 unspecified atom stereocenters. The van der Waals surface area contributed by atoms with Crippen LogP contribution in [-0.4, -0.2) is 29.0 Å². The van der Waals surface area contributed by atoms with E-state index < -0.39 is 0 Å². The Bertz CT molecular complexity index is 290. The maximum Gasteiger partial charge on any atom is 0.230 e. The first-order chi connectivity index (χ1) is 6.85. The van der Waals surface area contributed by atoms with Crippen LogP contribution in [0.25, 0.3) is 0 Å². The molecule has 1 aliphatic heterocycles. The summed E-state index contributed by atoms with van der Waals surface area (Å²) in [6.45, 7) is 7.94. The molecule has 0 N–H and O–H groups in total. The molecule has 0 aromatic carbocycles. The Balaban J connectivity index is 2.71. The Morgan fingerprint density at radius 3 is 2.27 bits per heavy atom. The third-order valence-corrected chi connectivity index (χ3v) is 2.91. The fourth-order valence-electron chi connectivity index (χ4n) is 1.66. The van der Waals surface area contributed by atoms with Crippen molar-refractivity contribution in [2.75, 3.05) is 12.3 Å². The molecule has 1 saturated heterocycles. The summed E-state index contributed by atoms with van der Waals surface area (Å²) in [6, 6.07) is 0. The van der Waals surface area contributed by atoms with E-state index >= 15 is 0 Å². The van der Waals surface area contributed by atoms with Crippen molar-refractivity contribution in [1.29, 1.82) is 0 Å². The molecule has 15 heavy (non-hydrogen) atoms. The maximum atomic E-state index is 11.7. The molecule has 1 heterocycles. The van der Waals surface area contributed by atoms with Crippen LogP contribution in [-0.2, 0) is 9.59 Å². The van der Waals surface area contributed by atoms with Crippen molar-refractivity contribution in [3.8, 4) is 0 Å². The molecule has 0 radical (unpaired) electrons. The third kappa shape index (κ3) is 3.09. The summed E-state index contributed by atoms with van der Waals surface area (Å²) in [5.74, 6) is 0.304. The lowest BCUT2D eigenvalue weighted by atomic mass is 9.81. The van der Waals surface area contributed by atoms with Gasteiger partial charge in [0.05, 0.1) is 6.54 Å². The molecule has 0 bridgehead atoms. The van der Waals surface area contributed by atoms with Crippen molar-refractivity contribution >= 4 is 24.4 Å². The number of imide groups is 1. The van der Waals surface area contributed by atoms with Crippen LogP contribution in [0.1, 0.15) is 26.7 Å². The van der Waals surface area contributed by atoms with Crippen LogP contribution in [0.5, 0.6) is 0 Å².